The summed E-state index contributed by atoms with van der Waals surface area (Å²) in [4.78, 5) is 24.4. The minimum atomic E-state index is -0.992. The highest BCUT2D eigenvalue weighted by Gasteiger charge is 2.30. The zero-order valence-corrected chi connectivity index (χ0v) is 12.5. The molecule has 1 atom stereocenters. The molecule has 0 amide bonds. The first-order chi connectivity index (χ1) is 10.1. The van der Waals surface area contributed by atoms with Gasteiger partial charge in [-0.2, -0.15) is 0 Å². The van der Waals surface area contributed by atoms with Gasteiger partial charge in [0.2, 0.25) is 5.95 Å². The van der Waals surface area contributed by atoms with Crippen LogP contribution in [0, 0.1) is 6.92 Å². The first kappa shape index (κ1) is 14.3. The lowest BCUT2D eigenvalue weighted by Crippen LogP contribution is -2.41. The number of likely N-dealkylation sites (tertiary alicyclic amines) is 1. The van der Waals surface area contributed by atoms with Gasteiger partial charge in [0.15, 0.2) is 5.69 Å². The third-order valence-corrected chi connectivity index (χ3v) is 4.41. The number of nitrogens with zero attached hydrogens (tertiary/aromatic N) is 4. The summed E-state index contributed by atoms with van der Waals surface area (Å²) >= 11 is 0. The van der Waals surface area contributed by atoms with E-state index in [0.29, 0.717) is 17.7 Å². The Labute approximate surface area is 124 Å². The number of carboxylic acids is 1. The fraction of sp³-hybridized carbons (Fsp3) is 0.667. The van der Waals surface area contributed by atoms with E-state index in [1.165, 1.54) is 38.4 Å². The molecule has 1 aromatic heterocycles. The van der Waals surface area contributed by atoms with Crippen LogP contribution in [0.4, 0.5) is 5.95 Å². The second kappa shape index (κ2) is 5.97. The highest BCUT2D eigenvalue weighted by atomic mass is 16.4. The molecule has 0 radical (unpaired) electrons. The van der Waals surface area contributed by atoms with Crippen molar-refractivity contribution in [2.75, 3.05) is 31.1 Å². The van der Waals surface area contributed by atoms with Crippen molar-refractivity contribution in [3.8, 4) is 0 Å². The summed E-state index contributed by atoms with van der Waals surface area (Å²) < 4.78 is 0. The van der Waals surface area contributed by atoms with E-state index in [1.807, 2.05) is 6.92 Å². The molecular formula is C15H22N4O2. The predicted molar refractivity (Wildman–Crippen MR) is 79.8 cm³/mol. The maximum Gasteiger partial charge on any atom is 0.354 e. The van der Waals surface area contributed by atoms with E-state index in [9.17, 15) is 4.79 Å². The largest absolute Gasteiger partial charge is 0.477 e. The SMILES string of the molecule is Cc1cc(C(=O)O)nc(N2CCC(N3CCCCC3)C2)n1. The fourth-order valence-corrected chi connectivity index (χ4v) is 3.31. The molecule has 2 fully saturated rings. The van der Waals surface area contributed by atoms with Gasteiger partial charge in [-0.15, -0.1) is 0 Å². The highest BCUT2D eigenvalue weighted by molar-refractivity contribution is 5.85. The first-order valence-corrected chi connectivity index (χ1v) is 7.71. The van der Waals surface area contributed by atoms with Gasteiger partial charge in [-0.25, -0.2) is 14.8 Å². The number of hydrogen-bond acceptors (Lipinski definition) is 5. The van der Waals surface area contributed by atoms with Gasteiger partial charge in [0.1, 0.15) is 0 Å². The molecule has 0 saturated carbocycles. The summed E-state index contributed by atoms with van der Waals surface area (Å²) in [5.74, 6) is -0.430. The van der Waals surface area contributed by atoms with Crippen LogP contribution in [0.1, 0.15) is 41.9 Å². The zero-order chi connectivity index (χ0) is 14.8. The molecule has 1 unspecified atom stereocenters. The van der Waals surface area contributed by atoms with Crippen LogP contribution in [0.25, 0.3) is 0 Å². The molecule has 0 spiro atoms. The number of carbonyl (C=O) groups is 1. The number of aromatic nitrogens is 2. The zero-order valence-electron chi connectivity index (χ0n) is 12.5. The molecule has 0 aromatic carbocycles. The molecule has 0 aliphatic carbocycles. The molecule has 114 valence electrons. The molecule has 21 heavy (non-hydrogen) atoms. The van der Waals surface area contributed by atoms with E-state index in [-0.39, 0.29) is 5.69 Å². The first-order valence-electron chi connectivity index (χ1n) is 7.71. The van der Waals surface area contributed by atoms with Crippen LogP contribution in [-0.4, -0.2) is 58.2 Å². The summed E-state index contributed by atoms with van der Waals surface area (Å²) in [6, 6.07) is 2.08. The molecule has 1 N–H and O–H groups in total. The maximum atomic E-state index is 11.1. The summed E-state index contributed by atoms with van der Waals surface area (Å²) in [7, 11) is 0. The molecule has 3 rings (SSSR count). The summed E-state index contributed by atoms with van der Waals surface area (Å²) in [5, 5.41) is 9.12. The third-order valence-electron chi connectivity index (χ3n) is 4.41. The number of aromatic carboxylic acids is 1. The topological polar surface area (TPSA) is 69.6 Å². The van der Waals surface area contributed by atoms with Crippen LogP contribution in [0.15, 0.2) is 6.07 Å². The molecule has 0 bridgehead atoms. The van der Waals surface area contributed by atoms with Crippen molar-refractivity contribution in [2.24, 2.45) is 0 Å². The Morgan fingerprint density at radius 3 is 2.71 bits per heavy atom. The van der Waals surface area contributed by atoms with Gasteiger partial charge in [-0.1, -0.05) is 6.42 Å². The van der Waals surface area contributed by atoms with Crippen LogP contribution < -0.4 is 4.90 Å². The van der Waals surface area contributed by atoms with Gasteiger partial charge in [-0.3, -0.25) is 4.90 Å². The van der Waals surface area contributed by atoms with Crippen molar-refractivity contribution in [1.82, 2.24) is 14.9 Å². The average Bonchev–Trinajstić information content (AvgIpc) is 2.97. The quantitative estimate of drug-likeness (QED) is 0.911. The molecule has 2 aliphatic heterocycles. The number of carboxylic acid groups (broad SMARTS) is 1. The van der Waals surface area contributed by atoms with Gasteiger partial charge < -0.3 is 10.0 Å². The van der Waals surface area contributed by atoms with Crippen LogP contribution in [0.5, 0.6) is 0 Å². The van der Waals surface area contributed by atoms with Crippen molar-refractivity contribution in [3.05, 3.63) is 17.5 Å². The Morgan fingerprint density at radius 2 is 2.00 bits per heavy atom. The van der Waals surface area contributed by atoms with Crippen molar-refractivity contribution in [1.29, 1.82) is 0 Å². The van der Waals surface area contributed by atoms with Gasteiger partial charge in [-0.05, 0) is 45.3 Å². The smallest absolute Gasteiger partial charge is 0.354 e. The number of anilines is 1. The summed E-state index contributed by atoms with van der Waals surface area (Å²) in [5.41, 5.74) is 0.790. The minimum Gasteiger partial charge on any atom is -0.477 e. The van der Waals surface area contributed by atoms with Crippen LogP contribution in [0.3, 0.4) is 0 Å². The average molecular weight is 290 g/mol. The van der Waals surface area contributed by atoms with E-state index in [0.717, 1.165) is 19.5 Å². The van der Waals surface area contributed by atoms with E-state index in [1.54, 1.807) is 0 Å². The second-order valence-electron chi connectivity index (χ2n) is 5.98. The Morgan fingerprint density at radius 1 is 1.24 bits per heavy atom. The van der Waals surface area contributed by atoms with Gasteiger partial charge in [0.05, 0.1) is 0 Å². The molecule has 6 nitrogen and oxygen atoms in total. The minimum absolute atomic E-state index is 0.0823. The van der Waals surface area contributed by atoms with Crippen molar-refractivity contribution < 1.29 is 9.90 Å². The second-order valence-corrected chi connectivity index (χ2v) is 5.98. The van der Waals surface area contributed by atoms with Crippen molar-refractivity contribution in [3.63, 3.8) is 0 Å². The number of aryl methyl sites for hydroxylation is 1. The van der Waals surface area contributed by atoms with Gasteiger partial charge >= 0.3 is 5.97 Å². The van der Waals surface area contributed by atoms with E-state index in [2.05, 4.69) is 19.8 Å². The lowest BCUT2D eigenvalue weighted by atomic mass is 10.1. The number of piperidine rings is 1. The van der Waals surface area contributed by atoms with Gasteiger partial charge in [0.25, 0.3) is 0 Å². The standard InChI is InChI=1S/C15H22N4O2/c1-11-9-13(14(20)21)17-15(16-11)19-8-5-12(10-19)18-6-3-2-4-7-18/h9,12H,2-8,10H2,1H3,(H,20,21). The van der Waals surface area contributed by atoms with Crippen molar-refractivity contribution >= 4 is 11.9 Å². The van der Waals surface area contributed by atoms with E-state index < -0.39 is 5.97 Å². The van der Waals surface area contributed by atoms with Gasteiger partial charge in [0, 0.05) is 24.8 Å². The molecule has 2 aliphatic rings. The molecule has 2 saturated heterocycles. The Hall–Kier alpha value is -1.69. The van der Waals surface area contributed by atoms with Crippen molar-refractivity contribution in [2.45, 2.75) is 38.6 Å². The van der Waals surface area contributed by atoms with Crippen LogP contribution in [0.2, 0.25) is 0 Å². The third kappa shape index (κ3) is 3.15. The summed E-state index contributed by atoms with van der Waals surface area (Å²) in [6.07, 6.45) is 5.04. The van der Waals surface area contributed by atoms with E-state index in [4.69, 9.17) is 5.11 Å². The van der Waals surface area contributed by atoms with Crippen LogP contribution in [-0.2, 0) is 0 Å². The molecule has 1 aromatic rings. The summed E-state index contributed by atoms with van der Waals surface area (Å²) in [6.45, 7) is 6.00. The Kier molecular flexibility index (Phi) is 4.05. The maximum absolute atomic E-state index is 11.1. The Bertz CT molecular complexity index is 528. The normalized spacial score (nSPS) is 23.5. The highest BCUT2D eigenvalue weighted by Crippen LogP contribution is 2.23. The number of hydrogen-bond donors (Lipinski definition) is 1. The van der Waals surface area contributed by atoms with Crippen LogP contribution >= 0.6 is 0 Å². The lowest BCUT2D eigenvalue weighted by molar-refractivity contribution is 0.0690. The predicted octanol–water partition coefficient (Wildman–Crippen LogP) is 1.55. The lowest BCUT2D eigenvalue weighted by Gasteiger charge is -2.32. The molecule has 3 heterocycles. The number of rotatable bonds is 3. The molecule has 6 heteroatoms. The van der Waals surface area contributed by atoms with E-state index >= 15 is 0 Å². The fourth-order valence-electron chi connectivity index (χ4n) is 3.31. The molecular weight excluding hydrogens is 268 g/mol. The Balaban J connectivity index is 1.72. The monoisotopic (exact) mass is 290 g/mol.